The second-order valence-electron chi connectivity index (χ2n) is 3.88. The predicted molar refractivity (Wildman–Crippen MR) is 62.9 cm³/mol. The van der Waals surface area contributed by atoms with Crippen LogP contribution in [-0.2, 0) is 6.42 Å². The first-order valence-corrected chi connectivity index (χ1v) is 5.46. The highest BCUT2D eigenvalue weighted by Crippen LogP contribution is 2.20. The number of H-pyrrole nitrogens is 1. The Morgan fingerprint density at radius 2 is 1.79 bits per heavy atom. The van der Waals surface area contributed by atoms with Crippen molar-refractivity contribution in [2.24, 2.45) is 5.73 Å². The number of nitrogens with zero attached hydrogens (tertiary/aromatic N) is 1. The van der Waals surface area contributed by atoms with Crippen molar-refractivity contribution in [1.82, 2.24) is 9.97 Å². The van der Waals surface area contributed by atoms with Crippen LogP contribution in [0.5, 0.6) is 0 Å². The van der Waals surface area contributed by atoms with Crippen molar-refractivity contribution in [2.45, 2.75) is 6.42 Å². The van der Waals surface area contributed by atoms with Gasteiger partial charge in [-0.2, -0.15) is 0 Å². The van der Waals surface area contributed by atoms with Gasteiger partial charge in [0, 0.05) is 23.7 Å². The molecule has 0 fully saturated rings. The van der Waals surface area contributed by atoms with E-state index in [-0.39, 0.29) is 17.9 Å². The van der Waals surface area contributed by atoms with Crippen molar-refractivity contribution in [3.8, 4) is 11.4 Å². The Balaban J connectivity index is 2.55. The van der Waals surface area contributed by atoms with E-state index in [1.54, 1.807) is 0 Å². The number of aromatic amines is 1. The smallest absolute Gasteiger partial charge is 0.251 e. The number of rotatable bonds is 3. The Labute approximate surface area is 106 Å². The van der Waals surface area contributed by atoms with Crippen molar-refractivity contribution in [1.29, 1.82) is 0 Å². The highest BCUT2D eigenvalue weighted by Gasteiger charge is 2.13. The zero-order valence-electron chi connectivity index (χ0n) is 9.71. The summed E-state index contributed by atoms with van der Waals surface area (Å²) in [6.07, 6.45) is 0.350. The quantitative estimate of drug-likeness (QED) is 0.826. The molecular formula is C12H10F3N3O. The number of aromatic nitrogens is 2. The molecule has 0 unspecified atom stereocenters. The van der Waals surface area contributed by atoms with Crippen molar-refractivity contribution in [3.63, 3.8) is 0 Å². The van der Waals surface area contributed by atoms with Crippen LogP contribution in [0.15, 0.2) is 23.0 Å². The van der Waals surface area contributed by atoms with E-state index in [0.717, 1.165) is 12.1 Å². The summed E-state index contributed by atoms with van der Waals surface area (Å²) in [5, 5.41) is 0. The Hall–Kier alpha value is -2.15. The second-order valence-corrected chi connectivity index (χ2v) is 3.88. The third-order valence-corrected chi connectivity index (χ3v) is 2.45. The highest BCUT2D eigenvalue weighted by atomic mass is 19.2. The van der Waals surface area contributed by atoms with E-state index < -0.39 is 23.0 Å². The van der Waals surface area contributed by atoms with Crippen LogP contribution in [0.1, 0.15) is 5.69 Å². The molecular weight excluding hydrogens is 259 g/mol. The number of benzene rings is 1. The van der Waals surface area contributed by atoms with Gasteiger partial charge in [0.05, 0.1) is 0 Å². The summed E-state index contributed by atoms with van der Waals surface area (Å²) in [4.78, 5) is 17.7. The molecule has 0 aliphatic heterocycles. The molecule has 0 saturated heterocycles. The number of hydrogen-bond acceptors (Lipinski definition) is 3. The number of nitrogens with two attached hydrogens (primary N) is 1. The minimum atomic E-state index is -1.57. The first-order chi connectivity index (χ1) is 9.01. The van der Waals surface area contributed by atoms with Crippen LogP contribution >= 0.6 is 0 Å². The molecule has 3 N–H and O–H groups in total. The van der Waals surface area contributed by atoms with Gasteiger partial charge in [0.25, 0.3) is 5.56 Å². The predicted octanol–water partition coefficient (Wildman–Crippen LogP) is 1.36. The van der Waals surface area contributed by atoms with Crippen molar-refractivity contribution in [3.05, 3.63) is 51.7 Å². The van der Waals surface area contributed by atoms with Gasteiger partial charge in [-0.1, -0.05) is 0 Å². The van der Waals surface area contributed by atoms with Crippen LogP contribution in [0, 0.1) is 17.5 Å². The van der Waals surface area contributed by atoms with E-state index in [1.807, 2.05) is 0 Å². The third-order valence-electron chi connectivity index (χ3n) is 2.45. The molecule has 0 aliphatic rings. The van der Waals surface area contributed by atoms with Crippen LogP contribution in [-0.4, -0.2) is 16.5 Å². The van der Waals surface area contributed by atoms with Gasteiger partial charge >= 0.3 is 0 Å². The normalized spacial score (nSPS) is 10.7. The van der Waals surface area contributed by atoms with Gasteiger partial charge in [-0.25, -0.2) is 18.2 Å². The summed E-state index contributed by atoms with van der Waals surface area (Å²) >= 11 is 0. The lowest BCUT2D eigenvalue weighted by Gasteiger charge is -2.05. The lowest BCUT2D eigenvalue weighted by molar-refractivity contribution is 0.447. The maximum absolute atomic E-state index is 13.1. The van der Waals surface area contributed by atoms with Crippen LogP contribution in [0.4, 0.5) is 13.2 Å². The fourth-order valence-electron chi connectivity index (χ4n) is 1.61. The first kappa shape index (κ1) is 13.3. The van der Waals surface area contributed by atoms with Gasteiger partial charge < -0.3 is 10.7 Å². The lowest BCUT2D eigenvalue weighted by atomic mass is 10.2. The van der Waals surface area contributed by atoms with Gasteiger partial charge in [0.15, 0.2) is 17.5 Å². The maximum atomic E-state index is 13.1. The highest BCUT2D eigenvalue weighted by molar-refractivity contribution is 5.55. The van der Waals surface area contributed by atoms with Gasteiger partial charge in [0.1, 0.15) is 5.82 Å². The largest absolute Gasteiger partial charge is 0.330 e. The minimum Gasteiger partial charge on any atom is -0.330 e. The van der Waals surface area contributed by atoms with E-state index in [4.69, 9.17) is 5.73 Å². The van der Waals surface area contributed by atoms with E-state index >= 15 is 0 Å². The molecule has 0 saturated carbocycles. The maximum Gasteiger partial charge on any atom is 0.251 e. The fourth-order valence-corrected chi connectivity index (χ4v) is 1.61. The van der Waals surface area contributed by atoms with E-state index in [9.17, 15) is 18.0 Å². The average molecular weight is 269 g/mol. The zero-order chi connectivity index (χ0) is 14.0. The molecule has 0 bridgehead atoms. The molecule has 2 aromatic rings. The molecule has 1 heterocycles. The van der Waals surface area contributed by atoms with Crippen LogP contribution in [0.2, 0.25) is 0 Å². The Bertz CT molecular complexity index is 647. The summed E-state index contributed by atoms with van der Waals surface area (Å²) in [6.45, 7) is 0.280. The number of halogens is 3. The average Bonchev–Trinajstić information content (AvgIpc) is 2.35. The SMILES string of the molecule is NCCc1cc(=O)[nH]c(-c2cc(F)c(F)c(F)c2)n1. The standard InChI is InChI=1S/C12H10F3N3O/c13-8-3-6(4-9(14)11(8)15)12-17-7(1-2-16)5-10(19)18-12/h3-5H,1-2,16H2,(H,17,18,19). The number of nitrogens with one attached hydrogen (secondary N) is 1. The molecule has 0 radical (unpaired) electrons. The number of hydrogen-bond donors (Lipinski definition) is 2. The monoisotopic (exact) mass is 269 g/mol. The molecule has 0 amide bonds. The van der Waals surface area contributed by atoms with Gasteiger partial charge in [-0.3, -0.25) is 4.79 Å². The summed E-state index contributed by atoms with van der Waals surface area (Å²) in [6, 6.07) is 2.78. The molecule has 0 aliphatic carbocycles. The van der Waals surface area contributed by atoms with Crippen LogP contribution in [0.3, 0.4) is 0 Å². The van der Waals surface area contributed by atoms with Gasteiger partial charge in [0.2, 0.25) is 0 Å². The molecule has 2 rings (SSSR count). The van der Waals surface area contributed by atoms with Crippen molar-refractivity contribution < 1.29 is 13.2 Å². The van der Waals surface area contributed by atoms with E-state index in [2.05, 4.69) is 9.97 Å². The Kier molecular flexibility index (Phi) is 3.66. The van der Waals surface area contributed by atoms with Crippen LogP contribution in [0.25, 0.3) is 11.4 Å². The molecule has 19 heavy (non-hydrogen) atoms. The first-order valence-electron chi connectivity index (χ1n) is 5.46. The summed E-state index contributed by atoms with van der Waals surface area (Å²) in [5.41, 5.74) is 5.22. The molecule has 0 spiro atoms. The van der Waals surface area contributed by atoms with Crippen molar-refractivity contribution >= 4 is 0 Å². The summed E-state index contributed by atoms with van der Waals surface area (Å²) in [5.74, 6) is -4.29. The molecule has 1 aromatic carbocycles. The lowest BCUT2D eigenvalue weighted by Crippen LogP contribution is -2.13. The molecule has 4 nitrogen and oxygen atoms in total. The van der Waals surface area contributed by atoms with Gasteiger partial charge in [-0.05, 0) is 18.7 Å². The van der Waals surface area contributed by atoms with Crippen molar-refractivity contribution in [2.75, 3.05) is 6.54 Å². The van der Waals surface area contributed by atoms with Crippen LogP contribution < -0.4 is 11.3 Å². The fraction of sp³-hybridized carbons (Fsp3) is 0.167. The zero-order valence-corrected chi connectivity index (χ0v) is 9.71. The topological polar surface area (TPSA) is 71.8 Å². The second kappa shape index (κ2) is 5.23. The van der Waals surface area contributed by atoms with Gasteiger partial charge in [-0.15, -0.1) is 0 Å². The molecule has 1 aromatic heterocycles. The van der Waals surface area contributed by atoms with E-state index in [1.165, 1.54) is 6.07 Å². The Morgan fingerprint density at radius 3 is 2.37 bits per heavy atom. The summed E-state index contributed by atoms with van der Waals surface area (Å²) < 4.78 is 39.1. The van der Waals surface area contributed by atoms with E-state index in [0.29, 0.717) is 12.1 Å². The summed E-state index contributed by atoms with van der Waals surface area (Å²) in [7, 11) is 0. The minimum absolute atomic E-state index is 0.0336. The Morgan fingerprint density at radius 1 is 1.16 bits per heavy atom. The molecule has 7 heteroatoms. The third kappa shape index (κ3) is 2.82. The molecule has 100 valence electrons. The molecule has 0 atom stereocenters.